The predicted molar refractivity (Wildman–Crippen MR) is 101 cm³/mol. The zero-order valence-corrected chi connectivity index (χ0v) is 16.4. The minimum Gasteiger partial charge on any atom is -0.508 e. The number of sulfonamides is 1. The first kappa shape index (κ1) is 19.5. The van der Waals surface area contributed by atoms with Gasteiger partial charge in [-0.25, -0.2) is 8.42 Å². The lowest BCUT2D eigenvalue weighted by Crippen LogP contribution is -2.35. The highest BCUT2D eigenvalue weighted by Gasteiger charge is 2.44. The SMILES string of the molecule is C=CS(=O)(=O)N1CC2CN(C(=O)CCc3cc(Cl)c(Cl)cc3O)CC2C1. The van der Waals surface area contributed by atoms with E-state index in [1.54, 1.807) is 11.0 Å². The molecule has 0 bridgehead atoms. The van der Waals surface area contributed by atoms with Gasteiger partial charge in [-0.05, 0) is 29.9 Å². The topological polar surface area (TPSA) is 77.9 Å². The minimum absolute atomic E-state index is 0.0111. The number of likely N-dealkylation sites (tertiary alicyclic amines) is 1. The van der Waals surface area contributed by atoms with Gasteiger partial charge in [0.15, 0.2) is 0 Å². The predicted octanol–water partition coefficient (Wildman–Crippen LogP) is 2.50. The molecular formula is C17H20Cl2N2O4S. The summed E-state index contributed by atoms with van der Waals surface area (Å²) in [5, 5.41) is 11.5. The van der Waals surface area contributed by atoms with Crippen molar-refractivity contribution in [3.8, 4) is 5.75 Å². The van der Waals surface area contributed by atoms with Gasteiger partial charge in [0.1, 0.15) is 5.75 Å². The van der Waals surface area contributed by atoms with Gasteiger partial charge in [-0.2, -0.15) is 4.31 Å². The molecule has 1 N–H and O–H groups in total. The maximum atomic E-state index is 12.5. The molecule has 2 aliphatic rings. The highest BCUT2D eigenvalue weighted by molar-refractivity contribution is 7.92. The summed E-state index contributed by atoms with van der Waals surface area (Å²) in [4.78, 5) is 14.3. The Hall–Kier alpha value is -1.28. The molecule has 2 unspecified atom stereocenters. The van der Waals surface area contributed by atoms with Crippen molar-refractivity contribution < 1.29 is 18.3 Å². The van der Waals surface area contributed by atoms with Crippen molar-refractivity contribution in [3.63, 3.8) is 0 Å². The standard InChI is InChI=1S/C17H20Cl2N2O4S/c1-2-26(24,25)21-9-12-7-20(8-13(12)10-21)17(23)4-3-11-5-14(18)15(19)6-16(11)22/h2,5-6,12-13,22H,1,3-4,7-10H2. The molecule has 1 aromatic rings. The van der Waals surface area contributed by atoms with E-state index in [2.05, 4.69) is 6.58 Å². The maximum Gasteiger partial charge on any atom is 0.235 e. The fourth-order valence-corrected chi connectivity index (χ4v) is 5.00. The minimum atomic E-state index is -3.39. The third-order valence-electron chi connectivity index (χ3n) is 5.11. The van der Waals surface area contributed by atoms with Crippen LogP contribution in [0.2, 0.25) is 10.0 Å². The maximum absolute atomic E-state index is 12.5. The molecule has 6 nitrogen and oxygen atoms in total. The fourth-order valence-electron chi connectivity index (χ4n) is 3.64. The number of aryl methyl sites for hydroxylation is 1. The quantitative estimate of drug-likeness (QED) is 0.796. The van der Waals surface area contributed by atoms with Gasteiger partial charge in [0, 0.05) is 44.1 Å². The summed E-state index contributed by atoms with van der Waals surface area (Å²) in [6.45, 7) is 5.32. The number of hydrogen-bond acceptors (Lipinski definition) is 4. The summed E-state index contributed by atoms with van der Waals surface area (Å²) < 4.78 is 25.2. The lowest BCUT2D eigenvalue weighted by molar-refractivity contribution is -0.130. The van der Waals surface area contributed by atoms with Gasteiger partial charge < -0.3 is 10.0 Å². The van der Waals surface area contributed by atoms with Crippen molar-refractivity contribution in [1.82, 2.24) is 9.21 Å². The summed E-state index contributed by atoms with van der Waals surface area (Å²) in [6, 6.07) is 2.95. The number of fused-ring (bicyclic) bond motifs is 1. The van der Waals surface area contributed by atoms with Crippen LogP contribution in [0.3, 0.4) is 0 Å². The van der Waals surface area contributed by atoms with Gasteiger partial charge in [-0.15, -0.1) is 0 Å². The largest absolute Gasteiger partial charge is 0.508 e. The fraction of sp³-hybridized carbons (Fsp3) is 0.471. The normalized spacial score (nSPS) is 23.2. The number of amides is 1. The average Bonchev–Trinajstić information content (AvgIpc) is 3.16. The second kappa shape index (κ2) is 7.38. The monoisotopic (exact) mass is 418 g/mol. The van der Waals surface area contributed by atoms with Gasteiger partial charge in [-0.3, -0.25) is 4.79 Å². The van der Waals surface area contributed by atoms with Crippen LogP contribution < -0.4 is 0 Å². The van der Waals surface area contributed by atoms with Crippen LogP contribution >= 0.6 is 23.2 Å². The van der Waals surface area contributed by atoms with Crippen molar-refractivity contribution in [2.45, 2.75) is 12.8 Å². The Morgan fingerprint density at radius 1 is 1.19 bits per heavy atom. The molecule has 2 fully saturated rings. The number of halogens is 2. The summed E-state index contributed by atoms with van der Waals surface area (Å²) in [7, 11) is -3.39. The van der Waals surface area contributed by atoms with E-state index in [0.717, 1.165) is 5.41 Å². The molecule has 1 aromatic carbocycles. The molecule has 2 aliphatic heterocycles. The van der Waals surface area contributed by atoms with E-state index < -0.39 is 10.0 Å². The van der Waals surface area contributed by atoms with Crippen molar-refractivity contribution in [2.24, 2.45) is 11.8 Å². The molecule has 0 aliphatic carbocycles. The van der Waals surface area contributed by atoms with E-state index in [1.165, 1.54) is 10.4 Å². The zero-order valence-electron chi connectivity index (χ0n) is 14.1. The van der Waals surface area contributed by atoms with Crippen molar-refractivity contribution in [2.75, 3.05) is 26.2 Å². The van der Waals surface area contributed by atoms with Gasteiger partial charge >= 0.3 is 0 Å². The highest BCUT2D eigenvalue weighted by Crippen LogP contribution is 2.34. The Morgan fingerprint density at radius 2 is 1.77 bits per heavy atom. The van der Waals surface area contributed by atoms with Crippen LogP contribution in [0.1, 0.15) is 12.0 Å². The number of hydrogen-bond donors (Lipinski definition) is 1. The van der Waals surface area contributed by atoms with Crippen LogP contribution in [-0.4, -0.2) is 54.8 Å². The number of carbonyl (C=O) groups excluding carboxylic acids is 1. The van der Waals surface area contributed by atoms with Crippen LogP contribution in [0.25, 0.3) is 0 Å². The molecule has 26 heavy (non-hydrogen) atoms. The summed E-state index contributed by atoms with van der Waals surface area (Å²) in [5.74, 6) is 0.331. The van der Waals surface area contributed by atoms with Crippen LogP contribution in [0.15, 0.2) is 24.1 Å². The lowest BCUT2D eigenvalue weighted by atomic mass is 10.0. The first-order chi connectivity index (χ1) is 12.2. The Kier molecular flexibility index (Phi) is 5.53. The first-order valence-corrected chi connectivity index (χ1v) is 10.5. The second-order valence-corrected chi connectivity index (χ2v) is 9.44. The molecule has 0 saturated carbocycles. The smallest absolute Gasteiger partial charge is 0.235 e. The van der Waals surface area contributed by atoms with Crippen LogP contribution in [0.4, 0.5) is 0 Å². The van der Waals surface area contributed by atoms with Gasteiger partial charge in [-0.1, -0.05) is 29.8 Å². The first-order valence-electron chi connectivity index (χ1n) is 8.28. The van der Waals surface area contributed by atoms with E-state index in [4.69, 9.17) is 23.2 Å². The lowest BCUT2D eigenvalue weighted by Gasteiger charge is -2.20. The molecule has 3 rings (SSSR count). The highest BCUT2D eigenvalue weighted by atomic mass is 35.5. The molecule has 142 valence electrons. The number of carbonyl (C=O) groups is 1. The zero-order chi connectivity index (χ0) is 19.1. The molecule has 0 radical (unpaired) electrons. The van der Waals surface area contributed by atoms with Crippen molar-refractivity contribution in [3.05, 3.63) is 39.7 Å². The third-order valence-corrected chi connectivity index (χ3v) is 7.27. The second-order valence-electron chi connectivity index (χ2n) is 6.74. The molecule has 9 heteroatoms. The Balaban J connectivity index is 1.56. The molecule has 2 saturated heterocycles. The third kappa shape index (κ3) is 3.86. The Morgan fingerprint density at radius 3 is 2.35 bits per heavy atom. The molecule has 0 aromatic heterocycles. The van der Waals surface area contributed by atoms with E-state index in [9.17, 15) is 18.3 Å². The number of aromatic hydroxyl groups is 1. The molecule has 2 heterocycles. The Labute approximate surface area is 163 Å². The number of phenols is 1. The van der Waals surface area contributed by atoms with E-state index in [-0.39, 0.29) is 34.9 Å². The van der Waals surface area contributed by atoms with Gasteiger partial charge in [0.05, 0.1) is 10.0 Å². The molecule has 1 amide bonds. The van der Waals surface area contributed by atoms with Crippen molar-refractivity contribution >= 4 is 39.1 Å². The van der Waals surface area contributed by atoms with E-state index >= 15 is 0 Å². The van der Waals surface area contributed by atoms with Crippen LogP contribution in [0.5, 0.6) is 5.75 Å². The number of benzene rings is 1. The van der Waals surface area contributed by atoms with E-state index in [0.29, 0.717) is 43.2 Å². The van der Waals surface area contributed by atoms with Gasteiger partial charge in [0.25, 0.3) is 0 Å². The molecule has 0 spiro atoms. The number of nitrogens with zero attached hydrogens (tertiary/aromatic N) is 2. The van der Waals surface area contributed by atoms with Gasteiger partial charge in [0.2, 0.25) is 15.9 Å². The van der Waals surface area contributed by atoms with E-state index in [1.807, 2.05) is 0 Å². The summed E-state index contributed by atoms with van der Waals surface area (Å²) in [6.07, 6.45) is 0.615. The summed E-state index contributed by atoms with van der Waals surface area (Å²) >= 11 is 11.8. The number of rotatable bonds is 5. The molecular weight excluding hydrogens is 399 g/mol. The number of phenolic OH excluding ortho intramolecular Hbond substituents is 1. The van der Waals surface area contributed by atoms with Crippen LogP contribution in [-0.2, 0) is 21.2 Å². The average molecular weight is 419 g/mol. The Bertz CT molecular complexity index is 829. The molecule has 2 atom stereocenters. The van der Waals surface area contributed by atoms with Crippen molar-refractivity contribution in [1.29, 1.82) is 0 Å². The van der Waals surface area contributed by atoms with Crippen LogP contribution in [0, 0.1) is 11.8 Å². The summed E-state index contributed by atoms with van der Waals surface area (Å²) in [5.41, 5.74) is 0.579.